The van der Waals surface area contributed by atoms with Crippen molar-refractivity contribution in [1.29, 1.82) is 0 Å². The lowest BCUT2D eigenvalue weighted by atomic mass is 10.0. The number of H-pyrrole nitrogens is 2. The molecule has 5 aromatic rings. The third-order valence-corrected chi connectivity index (χ3v) is 6.63. The maximum absolute atomic E-state index is 4.74. The fraction of sp³-hybridized carbons (Fsp3) is 0.296. The summed E-state index contributed by atoms with van der Waals surface area (Å²) in [6.45, 7) is 3.01. The van der Waals surface area contributed by atoms with Crippen LogP contribution in [0, 0.1) is 0 Å². The summed E-state index contributed by atoms with van der Waals surface area (Å²) in [7, 11) is 4.14. The zero-order valence-electron chi connectivity index (χ0n) is 19.7. The molecule has 1 aliphatic rings. The lowest BCUT2D eigenvalue weighted by molar-refractivity contribution is 0.402. The van der Waals surface area contributed by atoms with Crippen molar-refractivity contribution in [3.63, 3.8) is 0 Å². The Hall–Kier alpha value is -3.71. The molecular formula is C27H29N7. The summed E-state index contributed by atoms with van der Waals surface area (Å²) in [5.41, 5.74) is 7.49. The van der Waals surface area contributed by atoms with Gasteiger partial charge in [-0.25, -0.2) is 4.98 Å². The fourth-order valence-corrected chi connectivity index (χ4v) is 5.02. The first-order valence-corrected chi connectivity index (χ1v) is 12.0. The molecule has 34 heavy (non-hydrogen) atoms. The molecule has 2 N–H and O–H groups in total. The standard InChI is InChI=1S/C27H29N7/c1-33(2)17-18-12-20(16-28-15-18)19-6-7-24-21(13-19)26(32-31-24)25-14-22-23(30-25)8-9-29-27(22)34-10-4-3-5-11-34/h6-9,12-16,30H,3-5,10-11,17H2,1-2H3,(H,31,32). The molecule has 0 aliphatic carbocycles. The Morgan fingerprint density at radius 2 is 1.79 bits per heavy atom. The van der Waals surface area contributed by atoms with E-state index in [4.69, 9.17) is 4.98 Å². The molecule has 1 fully saturated rings. The van der Waals surface area contributed by atoms with Crippen LogP contribution in [0.1, 0.15) is 24.8 Å². The molecule has 0 saturated carbocycles. The number of rotatable bonds is 5. The van der Waals surface area contributed by atoms with E-state index in [0.717, 1.165) is 69.8 Å². The van der Waals surface area contributed by atoms with Crippen molar-refractivity contribution in [3.8, 4) is 22.5 Å². The van der Waals surface area contributed by atoms with Gasteiger partial charge in [-0.15, -0.1) is 0 Å². The van der Waals surface area contributed by atoms with E-state index in [1.54, 1.807) is 0 Å². The molecule has 0 atom stereocenters. The van der Waals surface area contributed by atoms with Crippen molar-refractivity contribution in [3.05, 3.63) is 60.6 Å². The maximum atomic E-state index is 4.74. The Balaban J connectivity index is 1.41. The Morgan fingerprint density at radius 1 is 0.912 bits per heavy atom. The molecule has 172 valence electrons. The Bertz CT molecular complexity index is 1460. The summed E-state index contributed by atoms with van der Waals surface area (Å²) in [5.74, 6) is 1.07. The summed E-state index contributed by atoms with van der Waals surface area (Å²) in [6, 6.07) is 12.9. The van der Waals surface area contributed by atoms with Crippen molar-refractivity contribution in [1.82, 2.24) is 30.0 Å². The van der Waals surface area contributed by atoms with Gasteiger partial charge in [-0.2, -0.15) is 5.10 Å². The normalized spacial score (nSPS) is 14.5. The van der Waals surface area contributed by atoms with Gasteiger partial charge in [0.1, 0.15) is 11.5 Å². The van der Waals surface area contributed by atoms with Crippen molar-refractivity contribution >= 4 is 27.6 Å². The number of anilines is 1. The third kappa shape index (κ3) is 3.82. The number of aromatic nitrogens is 5. The summed E-state index contributed by atoms with van der Waals surface area (Å²) < 4.78 is 0. The number of fused-ring (bicyclic) bond motifs is 2. The van der Waals surface area contributed by atoms with E-state index < -0.39 is 0 Å². The van der Waals surface area contributed by atoms with Gasteiger partial charge in [-0.05, 0) is 74.8 Å². The van der Waals surface area contributed by atoms with Crippen LogP contribution in [-0.2, 0) is 6.54 Å². The van der Waals surface area contributed by atoms with Crippen LogP contribution in [0.5, 0.6) is 0 Å². The first-order chi connectivity index (χ1) is 16.7. The average Bonchev–Trinajstić information content (AvgIpc) is 3.48. The first-order valence-electron chi connectivity index (χ1n) is 12.0. The summed E-state index contributed by atoms with van der Waals surface area (Å²) in [6.07, 6.45) is 9.53. The number of aromatic amines is 2. The van der Waals surface area contributed by atoms with Crippen LogP contribution < -0.4 is 4.90 Å². The highest BCUT2D eigenvalue weighted by atomic mass is 15.2. The number of piperidine rings is 1. The molecule has 7 nitrogen and oxygen atoms in total. The zero-order chi connectivity index (χ0) is 23.1. The van der Waals surface area contributed by atoms with Gasteiger partial charge in [-0.3, -0.25) is 10.1 Å². The van der Waals surface area contributed by atoms with Gasteiger partial charge in [0.05, 0.1) is 16.7 Å². The lowest BCUT2D eigenvalue weighted by Gasteiger charge is -2.28. The minimum atomic E-state index is 0.864. The number of pyridine rings is 2. The van der Waals surface area contributed by atoms with Crippen molar-refractivity contribution < 1.29 is 0 Å². The van der Waals surface area contributed by atoms with Gasteiger partial charge in [0.2, 0.25) is 0 Å². The highest BCUT2D eigenvalue weighted by molar-refractivity contribution is 6.00. The fourth-order valence-electron chi connectivity index (χ4n) is 5.02. The molecule has 5 heterocycles. The highest BCUT2D eigenvalue weighted by Gasteiger charge is 2.18. The van der Waals surface area contributed by atoms with Gasteiger partial charge in [0.25, 0.3) is 0 Å². The molecule has 1 aliphatic heterocycles. The highest BCUT2D eigenvalue weighted by Crippen LogP contribution is 2.34. The number of hydrogen-bond acceptors (Lipinski definition) is 5. The van der Waals surface area contributed by atoms with Crippen LogP contribution >= 0.6 is 0 Å². The molecule has 6 rings (SSSR count). The zero-order valence-corrected chi connectivity index (χ0v) is 19.7. The molecule has 0 unspecified atom stereocenters. The summed E-state index contributed by atoms with van der Waals surface area (Å²) >= 11 is 0. The van der Waals surface area contributed by atoms with Gasteiger partial charge in [0, 0.05) is 54.6 Å². The molecule has 0 bridgehead atoms. The molecule has 0 spiro atoms. The smallest absolute Gasteiger partial charge is 0.137 e. The van der Waals surface area contributed by atoms with E-state index in [1.165, 1.54) is 24.8 Å². The number of benzene rings is 1. The van der Waals surface area contributed by atoms with Crippen LogP contribution in [0.15, 0.2) is 55.0 Å². The second kappa shape index (κ2) is 8.57. The summed E-state index contributed by atoms with van der Waals surface area (Å²) in [5, 5.41) is 10.1. The van der Waals surface area contributed by atoms with Crippen LogP contribution in [0.2, 0.25) is 0 Å². The number of hydrogen-bond donors (Lipinski definition) is 2. The average molecular weight is 452 g/mol. The molecule has 4 aromatic heterocycles. The van der Waals surface area contributed by atoms with E-state index in [-0.39, 0.29) is 0 Å². The quantitative estimate of drug-likeness (QED) is 0.383. The predicted octanol–water partition coefficient (Wildman–Crippen LogP) is 5.22. The van der Waals surface area contributed by atoms with Crippen molar-refractivity contribution in [2.24, 2.45) is 0 Å². The Kier molecular flexibility index (Phi) is 5.26. The van der Waals surface area contributed by atoms with Crippen molar-refractivity contribution in [2.45, 2.75) is 25.8 Å². The largest absolute Gasteiger partial charge is 0.356 e. The first kappa shape index (κ1) is 20.9. The molecule has 7 heteroatoms. The van der Waals surface area contributed by atoms with Crippen LogP contribution in [0.4, 0.5) is 5.82 Å². The van der Waals surface area contributed by atoms with Crippen molar-refractivity contribution in [2.75, 3.05) is 32.1 Å². The Labute approximate surface area is 198 Å². The van der Waals surface area contributed by atoms with Crippen LogP contribution in [0.25, 0.3) is 44.3 Å². The number of nitrogens with zero attached hydrogens (tertiary/aromatic N) is 5. The minimum absolute atomic E-state index is 0.864. The van der Waals surface area contributed by atoms with Gasteiger partial charge in [-0.1, -0.05) is 6.07 Å². The third-order valence-electron chi connectivity index (χ3n) is 6.63. The van der Waals surface area contributed by atoms with Gasteiger partial charge < -0.3 is 14.8 Å². The molecule has 1 saturated heterocycles. The topological polar surface area (TPSA) is 76.7 Å². The van der Waals surface area contributed by atoms with E-state index >= 15 is 0 Å². The second-order valence-corrected chi connectivity index (χ2v) is 9.48. The van der Waals surface area contributed by atoms with Gasteiger partial charge >= 0.3 is 0 Å². The van der Waals surface area contributed by atoms with E-state index in [1.807, 2.05) is 18.6 Å². The van der Waals surface area contributed by atoms with Gasteiger partial charge in [0.15, 0.2) is 0 Å². The predicted molar refractivity (Wildman–Crippen MR) is 138 cm³/mol. The molecule has 0 amide bonds. The molecule has 1 aromatic carbocycles. The van der Waals surface area contributed by atoms with E-state index in [0.29, 0.717) is 0 Å². The molecule has 0 radical (unpaired) electrons. The van der Waals surface area contributed by atoms with Crippen LogP contribution in [0.3, 0.4) is 0 Å². The number of nitrogens with one attached hydrogen (secondary N) is 2. The van der Waals surface area contributed by atoms with E-state index in [2.05, 4.69) is 80.5 Å². The Morgan fingerprint density at radius 3 is 2.65 bits per heavy atom. The minimum Gasteiger partial charge on any atom is -0.356 e. The summed E-state index contributed by atoms with van der Waals surface area (Å²) in [4.78, 5) is 17.4. The second-order valence-electron chi connectivity index (χ2n) is 9.48. The SMILES string of the molecule is CN(C)Cc1cncc(-c2ccc3[nH]nc(-c4cc5c(N6CCCCC6)nccc5[nH]4)c3c2)c1. The molecular weight excluding hydrogens is 422 g/mol. The maximum Gasteiger partial charge on any atom is 0.137 e. The van der Waals surface area contributed by atoms with Crippen LogP contribution in [-0.4, -0.2) is 57.2 Å². The monoisotopic (exact) mass is 451 g/mol. The van der Waals surface area contributed by atoms with E-state index in [9.17, 15) is 0 Å². The lowest BCUT2D eigenvalue weighted by Crippen LogP contribution is -2.30.